The number of rotatable bonds is 5. The fourth-order valence-corrected chi connectivity index (χ4v) is 4.20. The summed E-state index contributed by atoms with van der Waals surface area (Å²) < 4.78 is 44.1. The van der Waals surface area contributed by atoms with Gasteiger partial charge in [0.05, 0.1) is 12.2 Å². The number of alkyl halides is 3. The smallest absolute Gasteiger partial charge is 0.416 e. The molecular weight excluding hydrogens is 451 g/mol. The Balaban J connectivity index is 1.61. The quantitative estimate of drug-likeness (QED) is 0.537. The summed E-state index contributed by atoms with van der Waals surface area (Å²) in [5, 5.41) is 23.3. The molecule has 3 aromatic rings. The van der Waals surface area contributed by atoms with E-state index in [9.17, 15) is 23.1 Å². The molecule has 11 heteroatoms. The van der Waals surface area contributed by atoms with Crippen LogP contribution in [-0.4, -0.2) is 63.4 Å². The van der Waals surface area contributed by atoms with Crippen molar-refractivity contribution >= 4 is 22.6 Å². The molecule has 4 rings (SSSR count). The maximum Gasteiger partial charge on any atom is 0.416 e. The third kappa shape index (κ3) is 4.74. The Morgan fingerprint density at radius 2 is 2.03 bits per heavy atom. The van der Waals surface area contributed by atoms with Crippen LogP contribution in [0.5, 0.6) is 5.75 Å². The summed E-state index contributed by atoms with van der Waals surface area (Å²) in [6.07, 6.45) is -0.116. The molecule has 2 atom stereocenters. The van der Waals surface area contributed by atoms with Crippen LogP contribution in [0.3, 0.4) is 0 Å². The number of esters is 1. The number of ether oxygens (including phenoxy) is 1. The zero-order valence-electron chi connectivity index (χ0n) is 18.6. The summed E-state index contributed by atoms with van der Waals surface area (Å²) in [5.41, 5.74) is -0.566. The first kappa shape index (κ1) is 23.7. The summed E-state index contributed by atoms with van der Waals surface area (Å²) in [4.78, 5) is 18.2. The largest absolute Gasteiger partial charge is 0.507 e. The second-order valence-corrected chi connectivity index (χ2v) is 8.17. The Bertz CT molecular complexity index is 1200. The molecule has 1 aromatic carbocycles. The topological polar surface area (TPSA) is 100 Å². The van der Waals surface area contributed by atoms with E-state index in [1.165, 1.54) is 12.3 Å². The number of phenols is 1. The van der Waals surface area contributed by atoms with Crippen molar-refractivity contribution in [2.75, 3.05) is 25.5 Å². The molecule has 0 unspecified atom stereocenters. The molecule has 0 saturated carbocycles. The van der Waals surface area contributed by atoms with Crippen LogP contribution in [0.15, 0.2) is 36.7 Å². The number of piperidine rings is 1. The minimum atomic E-state index is -4.57. The molecular formula is C23H24F3N5O3. The lowest BCUT2D eigenvalue weighted by molar-refractivity contribution is -0.150. The third-order valence-electron chi connectivity index (χ3n) is 5.89. The number of fused-ring (bicyclic) bond motifs is 1. The van der Waals surface area contributed by atoms with E-state index in [4.69, 9.17) is 4.74 Å². The van der Waals surface area contributed by atoms with Gasteiger partial charge in [0.25, 0.3) is 0 Å². The Kier molecular flexibility index (Phi) is 6.56. The molecule has 1 saturated heterocycles. The molecule has 1 fully saturated rings. The Hall–Kier alpha value is -3.47. The molecule has 1 aliphatic heterocycles. The lowest BCUT2D eigenvalue weighted by atomic mass is 9.98. The molecule has 3 heterocycles. The van der Waals surface area contributed by atoms with Crippen molar-refractivity contribution < 1.29 is 27.8 Å². The SMILES string of the molecule is CCOC(=O)[C@@H]1CC[C@@H](Nc2nnc(-c3ccc(C(F)(F)F)cc3O)c3ccncc23)CN1C. The number of hydrogen-bond acceptors (Lipinski definition) is 8. The minimum absolute atomic E-state index is 0.0151. The molecule has 0 spiro atoms. The fraction of sp³-hybridized carbons (Fsp3) is 0.391. The molecule has 8 nitrogen and oxygen atoms in total. The maximum atomic E-state index is 13.0. The maximum absolute atomic E-state index is 13.0. The second-order valence-electron chi connectivity index (χ2n) is 8.17. The summed E-state index contributed by atoms with van der Waals surface area (Å²) in [5.74, 6) is -0.313. The van der Waals surface area contributed by atoms with Gasteiger partial charge in [-0.15, -0.1) is 10.2 Å². The van der Waals surface area contributed by atoms with Gasteiger partial charge in [0.2, 0.25) is 0 Å². The molecule has 180 valence electrons. The molecule has 0 aliphatic carbocycles. The highest BCUT2D eigenvalue weighted by Gasteiger charge is 2.33. The number of anilines is 1. The van der Waals surface area contributed by atoms with Crippen LogP contribution in [0.2, 0.25) is 0 Å². The first-order valence-corrected chi connectivity index (χ1v) is 10.8. The first-order chi connectivity index (χ1) is 16.2. The number of benzene rings is 1. The zero-order valence-corrected chi connectivity index (χ0v) is 18.6. The van der Waals surface area contributed by atoms with Gasteiger partial charge in [-0.25, -0.2) is 0 Å². The summed E-state index contributed by atoms with van der Waals surface area (Å²) in [7, 11) is 1.86. The molecule has 2 aromatic heterocycles. The molecule has 34 heavy (non-hydrogen) atoms. The van der Waals surface area contributed by atoms with Crippen molar-refractivity contribution in [3.05, 3.63) is 42.2 Å². The van der Waals surface area contributed by atoms with Crippen LogP contribution in [0.4, 0.5) is 19.0 Å². The van der Waals surface area contributed by atoms with Crippen LogP contribution in [0.1, 0.15) is 25.3 Å². The van der Waals surface area contributed by atoms with Gasteiger partial charge < -0.3 is 15.2 Å². The highest BCUT2D eigenvalue weighted by Crippen LogP contribution is 2.38. The van der Waals surface area contributed by atoms with E-state index in [2.05, 4.69) is 20.5 Å². The number of carbonyl (C=O) groups is 1. The molecule has 0 radical (unpaired) electrons. The third-order valence-corrected chi connectivity index (χ3v) is 5.89. The average molecular weight is 475 g/mol. The Labute approximate surface area is 193 Å². The van der Waals surface area contributed by atoms with Gasteiger partial charge in [0.1, 0.15) is 17.5 Å². The Morgan fingerprint density at radius 3 is 2.71 bits per heavy atom. The summed E-state index contributed by atoms with van der Waals surface area (Å²) in [6, 6.07) is 4.11. The molecule has 2 N–H and O–H groups in total. The van der Waals surface area contributed by atoms with Crippen LogP contribution >= 0.6 is 0 Å². The number of nitrogens with zero attached hydrogens (tertiary/aromatic N) is 4. The van der Waals surface area contributed by atoms with Crippen molar-refractivity contribution in [2.45, 2.75) is 38.0 Å². The molecule has 0 bridgehead atoms. The zero-order chi connectivity index (χ0) is 24.5. The van der Waals surface area contributed by atoms with E-state index in [0.717, 1.165) is 6.07 Å². The molecule has 0 amide bonds. The van der Waals surface area contributed by atoms with Gasteiger partial charge in [0, 0.05) is 41.3 Å². The minimum Gasteiger partial charge on any atom is -0.507 e. The van der Waals surface area contributed by atoms with E-state index in [1.54, 1.807) is 19.2 Å². The van der Waals surface area contributed by atoms with Gasteiger partial charge in [0.15, 0.2) is 5.82 Å². The van der Waals surface area contributed by atoms with Crippen molar-refractivity contribution in [1.29, 1.82) is 0 Å². The van der Waals surface area contributed by atoms with Crippen molar-refractivity contribution in [2.24, 2.45) is 0 Å². The van der Waals surface area contributed by atoms with Crippen LogP contribution in [-0.2, 0) is 15.7 Å². The van der Waals surface area contributed by atoms with Crippen molar-refractivity contribution in [1.82, 2.24) is 20.1 Å². The van der Waals surface area contributed by atoms with Gasteiger partial charge >= 0.3 is 12.1 Å². The molecule has 1 aliphatic rings. The number of halogens is 3. The number of carbonyl (C=O) groups excluding carboxylic acids is 1. The van der Waals surface area contributed by atoms with Gasteiger partial charge in [-0.3, -0.25) is 14.7 Å². The standard InChI is InChI=1S/C23H24F3N5O3/c1-3-34-22(33)18-7-5-14(12-31(18)2)28-21-17-11-27-9-8-15(17)20(29-30-21)16-6-4-13(10-19(16)32)23(24,25)26/h4,6,8-11,14,18,32H,3,5,7,12H2,1-2H3,(H,28,30)/t14-,18+/m1/s1. The average Bonchev–Trinajstić information content (AvgIpc) is 2.79. The van der Waals surface area contributed by atoms with Gasteiger partial charge in [-0.2, -0.15) is 13.2 Å². The van der Waals surface area contributed by atoms with Crippen molar-refractivity contribution in [3.8, 4) is 17.0 Å². The Morgan fingerprint density at radius 1 is 1.24 bits per heavy atom. The van der Waals surface area contributed by atoms with Gasteiger partial charge in [-0.05, 0) is 51.1 Å². The van der Waals surface area contributed by atoms with E-state index >= 15 is 0 Å². The predicted octanol–water partition coefficient (Wildman–Crippen LogP) is 3.85. The normalized spacial score (nSPS) is 19.2. The number of phenolic OH excluding ortho intramolecular Hbond substituents is 1. The predicted molar refractivity (Wildman–Crippen MR) is 119 cm³/mol. The van der Waals surface area contributed by atoms with E-state index in [1.807, 2.05) is 11.9 Å². The fourth-order valence-electron chi connectivity index (χ4n) is 4.20. The van der Waals surface area contributed by atoms with Crippen LogP contribution in [0.25, 0.3) is 22.0 Å². The number of aromatic hydroxyl groups is 1. The lowest BCUT2D eigenvalue weighted by Crippen LogP contribution is -2.50. The van der Waals surface area contributed by atoms with E-state index in [0.29, 0.717) is 48.6 Å². The lowest BCUT2D eigenvalue weighted by Gasteiger charge is -2.36. The monoisotopic (exact) mass is 475 g/mol. The highest BCUT2D eigenvalue weighted by molar-refractivity contribution is 6.00. The number of aromatic nitrogens is 3. The second kappa shape index (κ2) is 9.41. The van der Waals surface area contributed by atoms with E-state index < -0.39 is 17.5 Å². The number of likely N-dealkylation sites (N-methyl/N-ethyl adjacent to an activating group) is 1. The van der Waals surface area contributed by atoms with Crippen LogP contribution in [0, 0.1) is 0 Å². The number of nitrogens with one attached hydrogen (secondary N) is 1. The van der Waals surface area contributed by atoms with Crippen molar-refractivity contribution in [3.63, 3.8) is 0 Å². The van der Waals surface area contributed by atoms with Gasteiger partial charge in [-0.1, -0.05) is 0 Å². The number of pyridine rings is 1. The van der Waals surface area contributed by atoms with Crippen LogP contribution < -0.4 is 5.32 Å². The highest BCUT2D eigenvalue weighted by atomic mass is 19.4. The summed E-state index contributed by atoms with van der Waals surface area (Å²) in [6.45, 7) is 2.69. The first-order valence-electron chi connectivity index (χ1n) is 10.8. The number of hydrogen-bond donors (Lipinski definition) is 2. The summed E-state index contributed by atoms with van der Waals surface area (Å²) >= 11 is 0. The number of likely N-dealkylation sites (tertiary alicyclic amines) is 1. The van der Waals surface area contributed by atoms with E-state index in [-0.39, 0.29) is 29.3 Å².